The zero-order valence-electron chi connectivity index (χ0n) is 28.5. The zero-order valence-corrected chi connectivity index (χ0v) is 28.5. The summed E-state index contributed by atoms with van der Waals surface area (Å²) in [5, 5.41) is 0. The summed E-state index contributed by atoms with van der Waals surface area (Å²) in [4.78, 5) is 11.6. The van der Waals surface area contributed by atoms with Crippen LogP contribution in [-0.4, -0.2) is 4.98 Å². The molecule has 0 unspecified atom stereocenters. The highest BCUT2D eigenvalue weighted by Crippen LogP contribution is 2.41. The zero-order chi connectivity index (χ0) is 35.0. The minimum Gasteiger partial charge on any atom is -0.456 e. The molecule has 0 radical (unpaired) electrons. The lowest BCUT2D eigenvalue weighted by Crippen LogP contribution is -2.13. The molecule has 0 aliphatic carbocycles. The van der Waals surface area contributed by atoms with Gasteiger partial charge in [-0.2, -0.15) is 0 Å². The first-order valence-electron chi connectivity index (χ1n) is 17.3. The number of anilines is 9. The van der Waals surface area contributed by atoms with Crippen molar-refractivity contribution in [2.24, 2.45) is 0 Å². The van der Waals surface area contributed by atoms with Gasteiger partial charge in [0, 0.05) is 51.6 Å². The third-order valence-electron chi connectivity index (χ3n) is 8.68. The molecule has 0 spiro atoms. The number of rotatable bonds is 11. The summed E-state index contributed by atoms with van der Waals surface area (Å²) in [6.07, 6.45) is 1.79. The van der Waals surface area contributed by atoms with Crippen molar-refractivity contribution in [3.63, 3.8) is 0 Å². The van der Waals surface area contributed by atoms with Crippen LogP contribution in [0.5, 0.6) is 11.5 Å². The molecule has 0 fully saturated rings. The molecule has 5 nitrogen and oxygen atoms in total. The standard InChI is InChI=1S/C47H36N4O/c1-6-18-37(19-7-1)49(38-20-8-2-9-21-38)42-28-16-29-43(34-42)51(41-26-14-5-15-27-41)47-33-32-46(36-48-47)52-45-31-17-30-44(35-45)50(39-22-10-3-11-23-39)40-24-12-4-13-25-40/h1-36H. The first kappa shape index (κ1) is 32.1. The maximum Gasteiger partial charge on any atom is 0.145 e. The Balaban J connectivity index is 1.11. The smallest absolute Gasteiger partial charge is 0.145 e. The van der Waals surface area contributed by atoms with Crippen molar-refractivity contribution < 1.29 is 4.74 Å². The van der Waals surface area contributed by atoms with Crippen LogP contribution >= 0.6 is 0 Å². The number of hydrogen-bond donors (Lipinski definition) is 0. The number of para-hydroxylation sites is 5. The molecule has 0 aliphatic heterocycles. The van der Waals surface area contributed by atoms with Gasteiger partial charge in [0.25, 0.3) is 0 Å². The van der Waals surface area contributed by atoms with Gasteiger partial charge in [0.05, 0.1) is 6.20 Å². The Kier molecular flexibility index (Phi) is 9.39. The molecule has 0 bridgehead atoms. The molecule has 0 atom stereocenters. The molecule has 0 aliphatic rings. The van der Waals surface area contributed by atoms with E-state index in [9.17, 15) is 0 Å². The highest BCUT2D eigenvalue weighted by Gasteiger charge is 2.18. The summed E-state index contributed by atoms with van der Waals surface area (Å²) in [5.41, 5.74) is 8.31. The molecule has 0 saturated carbocycles. The second kappa shape index (κ2) is 15.2. The Morgan fingerprint density at radius 2 is 0.654 bits per heavy atom. The molecule has 52 heavy (non-hydrogen) atoms. The largest absolute Gasteiger partial charge is 0.456 e. The molecule has 0 amide bonds. The lowest BCUT2D eigenvalue weighted by molar-refractivity contribution is 0.480. The predicted octanol–water partition coefficient (Wildman–Crippen LogP) is 13.3. The number of hydrogen-bond acceptors (Lipinski definition) is 5. The van der Waals surface area contributed by atoms with Gasteiger partial charge in [-0.1, -0.05) is 103 Å². The third kappa shape index (κ3) is 7.11. The summed E-state index contributed by atoms with van der Waals surface area (Å²) >= 11 is 0. The highest BCUT2D eigenvalue weighted by atomic mass is 16.5. The van der Waals surface area contributed by atoms with E-state index in [0.29, 0.717) is 5.75 Å². The van der Waals surface area contributed by atoms with E-state index in [1.165, 1.54) is 0 Å². The van der Waals surface area contributed by atoms with E-state index < -0.39 is 0 Å². The van der Waals surface area contributed by atoms with Crippen LogP contribution in [0.1, 0.15) is 0 Å². The Hall–Kier alpha value is -7.11. The van der Waals surface area contributed by atoms with Crippen molar-refractivity contribution in [1.82, 2.24) is 4.98 Å². The molecule has 1 aromatic heterocycles. The van der Waals surface area contributed by atoms with Crippen molar-refractivity contribution in [3.8, 4) is 11.5 Å². The number of ether oxygens (including phenoxy) is 1. The van der Waals surface area contributed by atoms with Gasteiger partial charge in [-0.3, -0.25) is 4.90 Å². The summed E-state index contributed by atoms with van der Waals surface area (Å²) < 4.78 is 6.42. The van der Waals surface area contributed by atoms with Gasteiger partial charge < -0.3 is 14.5 Å². The van der Waals surface area contributed by atoms with Gasteiger partial charge in [0.15, 0.2) is 0 Å². The second-order valence-electron chi connectivity index (χ2n) is 12.2. The van der Waals surface area contributed by atoms with Crippen LogP contribution in [0.25, 0.3) is 0 Å². The first-order valence-corrected chi connectivity index (χ1v) is 17.3. The average Bonchev–Trinajstić information content (AvgIpc) is 3.21. The number of nitrogens with zero attached hydrogens (tertiary/aromatic N) is 4. The molecular formula is C47H36N4O. The Labute approximate surface area is 304 Å². The lowest BCUT2D eigenvalue weighted by atomic mass is 10.1. The van der Waals surface area contributed by atoms with E-state index in [-0.39, 0.29) is 0 Å². The molecule has 5 heteroatoms. The van der Waals surface area contributed by atoms with Crippen LogP contribution in [0.15, 0.2) is 219 Å². The minimum atomic E-state index is 0.646. The quantitative estimate of drug-likeness (QED) is 0.137. The van der Waals surface area contributed by atoms with E-state index in [2.05, 4.69) is 160 Å². The number of pyridine rings is 1. The summed E-state index contributed by atoms with van der Waals surface area (Å²) in [7, 11) is 0. The number of aromatic nitrogens is 1. The van der Waals surface area contributed by atoms with Crippen LogP contribution in [0, 0.1) is 0 Å². The van der Waals surface area contributed by atoms with Crippen molar-refractivity contribution >= 4 is 51.3 Å². The van der Waals surface area contributed by atoms with Crippen molar-refractivity contribution in [2.75, 3.05) is 14.7 Å². The summed E-state index contributed by atoms with van der Waals surface area (Å²) in [6, 6.07) is 72.6. The second-order valence-corrected chi connectivity index (χ2v) is 12.2. The van der Waals surface area contributed by atoms with E-state index in [0.717, 1.165) is 57.1 Å². The molecule has 250 valence electrons. The van der Waals surface area contributed by atoms with Crippen molar-refractivity contribution in [3.05, 3.63) is 219 Å². The SMILES string of the molecule is c1ccc(N(c2ccccc2)c2cccc(Oc3ccc(N(c4ccccc4)c4cccc(N(c5ccccc5)c5ccccc5)c4)nc3)c2)cc1. The minimum absolute atomic E-state index is 0.646. The fourth-order valence-corrected chi connectivity index (χ4v) is 6.35. The van der Waals surface area contributed by atoms with Gasteiger partial charge in [0.2, 0.25) is 0 Å². The molecule has 0 N–H and O–H groups in total. The Bertz CT molecular complexity index is 2240. The van der Waals surface area contributed by atoms with E-state index >= 15 is 0 Å². The number of benzene rings is 7. The summed E-state index contributed by atoms with van der Waals surface area (Å²) in [5.74, 6) is 2.14. The van der Waals surface area contributed by atoms with Crippen LogP contribution in [0.2, 0.25) is 0 Å². The molecule has 8 rings (SSSR count). The molecule has 0 saturated heterocycles. The molecule has 8 aromatic rings. The van der Waals surface area contributed by atoms with Gasteiger partial charge in [-0.05, 0) is 103 Å². The van der Waals surface area contributed by atoms with Crippen LogP contribution in [0.3, 0.4) is 0 Å². The Morgan fingerprint density at radius 3 is 1.08 bits per heavy atom. The van der Waals surface area contributed by atoms with Crippen LogP contribution in [-0.2, 0) is 0 Å². The van der Waals surface area contributed by atoms with E-state index in [1.54, 1.807) is 6.20 Å². The predicted molar refractivity (Wildman–Crippen MR) is 215 cm³/mol. The maximum absolute atomic E-state index is 6.42. The highest BCUT2D eigenvalue weighted by molar-refractivity contribution is 5.82. The molecule has 7 aromatic carbocycles. The third-order valence-corrected chi connectivity index (χ3v) is 8.68. The van der Waals surface area contributed by atoms with Crippen LogP contribution in [0.4, 0.5) is 51.3 Å². The van der Waals surface area contributed by atoms with Gasteiger partial charge in [0.1, 0.15) is 17.3 Å². The average molecular weight is 673 g/mol. The fourth-order valence-electron chi connectivity index (χ4n) is 6.35. The Morgan fingerprint density at radius 1 is 0.288 bits per heavy atom. The fraction of sp³-hybridized carbons (Fsp3) is 0. The van der Waals surface area contributed by atoms with Gasteiger partial charge in [-0.15, -0.1) is 0 Å². The lowest BCUT2D eigenvalue weighted by Gasteiger charge is -2.28. The summed E-state index contributed by atoms with van der Waals surface area (Å²) in [6.45, 7) is 0. The topological polar surface area (TPSA) is 31.8 Å². The van der Waals surface area contributed by atoms with Gasteiger partial charge >= 0.3 is 0 Å². The molecular weight excluding hydrogens is 637 g/mol. The van der Waals surface area contributed by atoms with Gasteiger partial charge in [-0.25, -0.2) is 4.98 Å². The molecule has 1 heterocycles. The van der Waals surface area contributed by atoms with Crippen molar-refractivity contribution in [2.45, 2.75) is 0 Å². The van der Waals surface area contributed by atoms with E-state index in [1.807, 2.05) is 66.7 Å². The maximum atomic E-state index is 6.42. The van der Waals surface area contributed by atoms with E-state index in [4.69, 9.17) is 9.72 Å². The monoisotopic (exact) mass is 672 g/mol. The first-order chi connectivity index (χ1) is 25.8. The van der Waals surface area contributed by atoms with Crippen molar-refractivity contribution in [1.29, 1.82) is 0 Å². The van der Waals surface area contributed by atoms with Crippen LogP contribution < -0.4 is 19.4 Å². The normalized spacial score (nSPS) is 10.7.